The van der Waals surface area contributed by atoms with Crippen LogP contribution in [0.25, 0.3) is 83.6 Å². The number of nitrogens with zero attached hydrogens (tertiary/aromatic N) is 4. The number of hydrogen-bond donors (Lipinski definition) is 0. The maximum absolute atomic E-state index is 8.86. The maximum atomic E-state index is 8.86. The van der Waals surface area contributed by atoms with Gasteiger partial charge in [0.25, 0.3) is 0 Å². The molecular weight excluding hydrogens is 573 g/mol. The van der Waals surface area contributed by atoms with E-state index in [0.717, 1.165) is 5.39 Å². The van der Waals surface area contributed by atoms with Gasteiger partial charge < -0.3 is 4.57 Å². The number of para-hydroxylation sites is 1. The second-order valence-corrected chi connectivity index (χ2v) is 10.6. The molecule has 0 aliphatic heterocycles. The third kappa shape index (κ3) is 4.66. The SMILES string of the molecule is [2H]c1c([2H])c([2H])c(-c2nc(-c3cc4ccccc4cc3-n3c4ccccc4c4c(-c5c([2H])c([2H])c([2H])c([2H])c5[2H])cccc43)nc(-c3c([2H])c([2H])c([2H])c([2H])c3[2H])n2)c([2H])c1[2H]. The lowest BCUT2D eigenvalue weighted by Crippen LogP contribution is -2.04. The van der Waals surface area contributed by atoms with Crippen LogP contribution < -0.4 is 0 Å². The van der Waals surface area contributed by atoms with Gasteiger partial charge in [-0.25, -0.2) is 15.0 Å². The highest BCUT2D eigenvalue weighted by atomic mass is 15.1. The van der Waals surface area contributed by atoms with E-state index in [-0.39, 0.29) is 23.5 Å². The minimum atomic E-state index is -0.668. The van der Waals surface area contributed by atoms with Gasteiger partial charge in [-0.15, -0.1) is 0 Å². The standard InChI is InChI=1S/C43H28N4/c1-4-15-29(16-5-1)34-24-14-26-38-40(34)35-23-12-13-25-37(35)47(38)39-28-33-22-11-10-21-32(33)27-36(39)43-45-41(30-17-6-2-7-18-30)44-42(46-43)31-19-8-3-9-20-31/h1-28H/i1D,2D,3D,4D,5D,6D,7D,8D,9D,15D,16D,17D,18D,19D,20D. The van der Waals surface area contributed by atoms with Crippen LogP contribution in [0.15, 0.2) is 169 Å². The van der Waals surface area contributed by atoms with Crippen LogP contribution in [0.5, 0.6) is 0 Å². The van der Waals surface area contributed by atoms with Gasteiger partial charge in [0.05, 0.1) is 37.3 Å². The molecule has 4 heteroatoms. The van der Waals surface area contributed by atoms with E-state index in [4.69, 9.17) is 30.5 Å². The Morgan fingerprint density at radius 3 is 1.64 bits per heavy atom. The molecule has 2 aromatic heterocycles. The summed E-state index contributed by atoms with van der Waals surface area (Å²) in [6.07, 6.45) is 0. The van der Waals surface area contributed by atoms with Crippen LogP contribution in [-0.2, 0) is 0 Å². The quantitative estimate of drug-likeness (QED) is 0.193. The monoisotopic (exact) mass is 615 g/mol. The predicted molar refractivity (Wildman–Crippen MR) is 193 cm³/mol. The summed E-state index contributed by atoms with van der Waals surface area (Å²) >= 11 is 0. The molecule has 0 N–H and O–H groups in total. The Labute approximate surface area is 293 Å². The Hall–Kier alpha value is -6.39. The summed E-state index contributed by atoms with van der Waals surface area (Å²) in [5.74, 6) is -0.977. The molecule has 0 fully saturated rings. The lowest BCUT2D eigenvalue weighted by molar-refractivity contribution is 1.07. The predicted octanol–water partition coefficient (Wildman–Crippen LogP) is 10.8. The normalized spacial score (nSPS) is 15.9. The van der Waals surface area contributed by atoms with E-state index in [0.29, 0.717) is 44.0 Å². The molecule has 0 amide bonds. The van der Waals surface area contributed by atoms with Crippen LogP contribution in [0.2, 0.25) is 0 Å². The molecule has 0 unspecified atom stereocenters. The van der Waals surface area contributed by atoms with E-state index >= 15 is 0 Å². The summed E-state index contributed by atoms with van der Waals surface area (Å²) in [6.45, 7) is 0. The Balaban J connectivity index is 1.44. The smallest absolute Gasteiger partial charge is 0.166 e. The average molecular weight is 616 g/mol. The highest BCUT2D eigenvalue weighted by molar-refractivity contribution is 6.16. The summed E-state index contributed by atoms with van der Waals surface area (Å²) in [4.78, 5) is 13.9. The average Bonchev–Trinajstić information content (AvgIpc) is 3.62. The molecule has 9 rings (SSSR count). The third-order valence-corrected chi connectivity index (χ3v) is 7.90. The summed E-state index contributed by atoms with van der Waals surface area (Å²) in [6, 6.07) is 14.8. The molecule has 0 spiro atoms. The highest BCUT2D eigenvalue weighted by Crippen LogP contribution is 2.41. The van der Waals surface area contributed by atoms with E-state index in [9.17, 15) is 0 Å². The Bertz CT molecular complexity index is 3270. The zero-order chi connectivity index (χ0) is 44.2. The molecule has 0 aliphatic rings. The third-order valence-electron chi connectivity index (χ3n) is 7.90. The van der Waals surface area contributed by atoms with E-state index in [1.165, 1.54) is 0 Å². The van der Waals surface area contributed by atoms with Crippen molar-refractivity contribution in [2.75, 3.05) is 0 Å². The first-order chi connectivity index (χ1) is 29.5. The van der Waals surface area contributed by atoms with E-state index in [1.807, 2.05) is 65.2 Å². The molecule has 9 aromatic rings. The Morgan fingerprint density at radius 2 is 0.979 bits per heavy atom. The van der Waals surface area contributed by atoms with Crippen LogP contribution >= 0.6 is 0 Å². The van der Waals surface area contributed by atoms with Gasteiger partial charge >= 0.3 is 0 Å². The lowest BCUT2D eigenvalue weighted by atomic mass is 9.99. The van der Waals surface area contributed by atoms with Crippen LogP contribution in [0, 0.1) is 0 Å². The summed E-state index contributed by atoms with van der Waals surface area (Å²) in [5.41, 5.74) is 1.49. The van der Waals surface area contributed by atoms with Crippen molar-refractivity contribution >= 4 is 32.6 Å². The van der Waals surface area contributed by atoms with Gasteiger partial charge in [-0.05, 0) is 46.2 Å². The van der Waals surface area contributed by atoms with Crippen LogP contribution in [0.4, 0.5) is 0 Å². The van der Waals surface area contributed by atoms with Crippen molar-refractivity contribution in [2.24, 2.45) is 0 Å². The second-order valence-electron chi connectivity index (χ2n) is 10.6. The molecule has 0 saturated heterocycles. The molecule has 0 bridgehead atoms. The van der Waals surface area contributed by atoms with Crippen LogP contribution in [-0.4, -0.2) is 19.5 Å². The Kier molecular flexibility index (Phi) is 3.75. The van der Waals surface area contributed by atoms with Crippen molar-refractivity contribution in [2.45, 2.75) is 0 Å². The minimum absolute atomic E-state index is 0.00669. The van der Waals surface area contributed by atoms with Gasteiger partial charge in [0, 0.05) is 27.5 Å². The molecule has 0 atom stereocenters. The van der Waals surface area contributed by atoms with Crippen molar-refractivity contribution in [1.82, 2.24) is 19.5 Å². The molecule has 4 nitrogen and oxygen atoms in total. The molecular formula is C43H28N4. The number of benzene rings is 7. The van der Waals surface area contributed by atoms with Gasteiger partial charge in [-0.1, -0.05) is 145 Å². The molecule has 47 heavy (non-hydrogen) atoms. The van der Waals surface area contributed by atoms with Gasteiger partial charge in [0.2, 0.25) is 0 Å². The van der Waals surface area contributed by atoms with Crippen molar-refractivity contribution in [3.05, 3.63) is 169 Å². The minimum Gasteiger partial charge on any atom is -0.308 e. The highest BCUT2D eigenvalue weighted by Gasteiger charge is 2.21. The number of rotatable bonds is 5. The molecule has 0 aliphatic carbocycles. The number of fused-ring (bicyclic) bond motifs is 4. The van der Waals surface area contributed by atoms with Crippen LogP contribution in [0.1, 0.15) is 20.6 Å². The molecule has 0 saturated carbocycles. The van der Waals surface area contributed by atoms with Crippen molar-refractivity contribution < 1.29 is 20.6 Å². The topological polar surface area (TPSA) is 43.6 Å². The fraction of sp³-hybridized carbons (Fsp3) is 0. The first-order valence-electron chi connectivity index (χ1n) is 22.1. The van der Waals surface area contributed by atoms with Crippen LogP contribution in [0.3, 0.4) is 0 Å². The second kappa shape index (κ2) is 11.2. The van der Waals surface area contributed by atoms with E-state index in [2.05, 4.69) is 4.98 Å². The molecule has 0 radical (unpaired) electrons. The van der Waals surface area contributed by atoms with Crippen molar-refractivity contribution in [3.63, 3.8) is 0 Å². The zero-order valence-corrected chi connectivity index (χ0v) is 24.3. The Morgan fingerprint density at radius 1 is 0.447 bits per heavy atom. The van der Waals surface area contributed by atoms with Gasteiger partial charge in [0.1, 0.15) is 0 Å². The first kappa shape index (κ1) is 15.7. The van der Waals surface area contributed by atoms with Gasteiger partial charge in [0.15, 0.2) is 17.5 Å². The number of aromatic nitrogens is 4. The molecule has 220 valence electrons. The largest absolute Gasteiger partial charge is 0.308 e. The van der Waals surface area contributed by atoms with E-state index < -0.39 is 101 Å². The van der Waals surface area contributed by atoms with E-state index in [1.54, 1.807) is 18.2 Å². The molecule has 7 aromatic carbocycles. The van der Waals surface area contributed by atoms with Crippen molar-refractivity contribution in [1.29, 1.82) is 0 Å². The first-order valence-corrected chi connectivity index (χ1v) is 14.6. The van der Waals surface area contributed by atoms with Gasteiger partial charge in [-0.3, -0.25) is 0 Å². The molecule has 2 heterocycles. The lowest BCUT2D eigenvalue weighted by Gasteiger charge is -2.16. The summed E-state index contributed by atoms with van der Waals surface area (Å²) in [7, 11) is 0. The fourth-order valence-electron chi connectivity index (χ4n) is 5.91. The summed E-state index contributed by atoms with van der Waals surface area (Å²) in [5, 5.41) is 2.71. The van der Waals surface area contributed by atoms with Crippen molar-refractivity contribution in [3.8, 4) is 51.0 Å². The van der Waals surface area contributed by atoms with Gasteiger partial charge in [-0.2, -0.15) is 0 Å². The maximum Gasteiger partial charge on any atom is 0.166 e. The number of hydrogen-bond acceptors (Lipinski definition) is 3. The zero-order valence-electron chi connectivity index (χ0n) is 39.3. The fourth-order valence-corrected chi connectivity index (χ4v) is 5.91. The summed E-state index contributed by atoms with van der Waals surface area (Å²) < 4.78 is 130.